The highest BCUT2D eigenvalue weighted by Gasteiger charge is 2.23. The number of ether oxygens (including phenoxy) is 2. The first kappa shape index (κ1) is 37.6. The largest absolute Gasteiger partial charge is 0.463 e. The number of H-pyrrole nitrogens is 2. The summed E-state index contributed by atoms with van der Waals surface area (Å²) in [4.78, 5) is 59.9. The molecule has 0 saturated carbocycles. The Kier molecular flexibility index (Phi) is 14.4. The lowest BCUT2D eigenvalue weighted by atomic mass is 10.2. The van der Waals surface area contributed by atoms with Gasteiger partial charge in [0.15, 0.2) is 5.78 Å². The van der Waals surface area contributed by atoms with Gasteiger partial charge < -0.3 is 39.9 Å². The number of benzene rings is 2. The summed E-state index contributed by atoms with van der Waals surface area (Å²) in [5, 5.41) is 14.0. The Labute approximate surface area is 291 Å². The molecule has 16 heteroatoms. The van der Waals surface area contributed by atoms with E-state index in [0.29, 0.717) is 41.3 Å². The van der Waals surface area contributed by atoms with Gasteiger partial charge in [0, 0.05) is 24.5 Å². The number of hydrogen-bond acceptors (Lipinski definition) is 13. The molecule has 1 amide bonds. The second-order valence-electron chi connectivity index (χ2n) is 11.4. The average Bonchev–Trinajstić information content (AvgIpc) is 3.48. The van der Waals surface area contributed by atoms with E-state index < -0.39 is 17.7 Å². The normalized spacial score (nSPS) is 12.1. The van der Waals surface area contributed by atoms with Crippen molar-refractivity contribution in [1.82, 2.24) is 34.7 Å². The first-order chi connectivity index (χ1) is 24.2. The van der Waals surface area contributed by atoms with Crippen molar-refractivity contribution in [3.8, 4) is 12.0 Å². The monoisotopic (exact) mass is 689 g/mol. The fourth-order valence-electron chi connectivity index (χ4n) is 5.01. The molecule has 4 aromatic rings. The van der Waals surface area contributed by atoms with Crippen molar-refractivity contribution in [3.05, 3.63) is 52.9 Å². The summed E-state index contributed by atoms with van der Waals surface area (Å²) < 4.78 is 11.8. The van der Waals surface area contributed by atoms with Crippen LogP contribution in [0.25, 0.3) is 11.0 Å². The Morgan fingerprint density at radius 3 is 1.92 bits per heavy atom. The summed E-state index contributed by atoms with van der Waals surface area (Å²) in [6.07, 6.45) is 1.65. The van der Waals surface area contributed by atoms with Crippen molar-refractivity contribution in [3.63, 3.8) is 0 Å². The third kappa shape index (κ3) is 11.4. The standard InChI is InChI=1S/C34H47N11O5/c1-6-44(7-2)18-10-20-49-33-39-31(40-34(41-33)50-21-11-19-45(8-3)9-4)36-24-12-14-25(15-13-24)42-43-29(23(5)46)30(47)35-26-16-17-27-28(22-26)38-32(48)37-27/h12-17,22,29H,6-11,18-21H2,1-5H3,(H,35,47)(H2,37,38,48)(H,36,39,40,41). The summed E-state index contributed by atoms with van der Waals surface area (Å²) in [5.41, 5.74) is 2.22. The Morgan fingerprint density at radius 2 is 1.36 bits per heavy atom. The Morgan fingerprint density at radius 1 is 0.800 bits per heavy atom. The van der Waals surface area contributed by atoms with Crippen LogP contribution < -0.4 is 25.8 Å². The fraction of sp³-hybridized carbons (Fsp3) is 0.471. The predicted octanol–water partition coefficient (Wildman–Crippen LogP) is 4.69. The van der Waals surface area contributed by atoms with Crippen LogP contribution in [0.15, 0.2) is 57.5 Å². The van der Waals surface area contributed by atoms with E-state index in [1.54, 1.807) is 42.5 Å². The maximum Gasteiger partial charge on any atom is 0.324 e. The molecule has 0 aliphatic carbocycles. The summed E-state index contributed by atoms with van der Waals surface area (Å²) in [6, 6.07) is 10.6. The van der Waals surface area contributed by atoms with Crippen LogP contribution in [-0.2, 0) is 9.59 Å². The molecule has 0 fully saturated rings. The number of Topliss-reactive ketones (excluding diaryl/α,β-unsaturated/α-hetero) is 1. The molecule has 0 aliphatic heterocycles. The van der Waals surface area contributed by atoms with Gasteiger partial charge in [0.05, 0.1) is 29.9 Å². The van der Waals surface area contributed by atoms with Gasteiger partial charge in [0.25, 0.3) is 5.91 Å². The number of aromatic nitrogens is 5. The lowest BCUT2D eigenvalue weighted by Crippen LogP contribution is -2.31. The number of hydrogen-bond donors (Lipinski definition) is 4. The Bertz CT molecular complexity index is 1730. The Hall–Kier alpha value is -5.22. The minimum atomic E-state index is -1.37. The van der Waals surface area contributed by atoms with Gasteiger partial charge in [-0.1, -0.05) is 27.7 Å². The van der Waals surface area contributed by atoms with Crippen LogP contribution in [0.1, 0.15) is 47.5 Å². The van der Waals surface area contributed by atoms with Crippen molar-refractivity contribution in [1.29, 1.82) is 0 Å². The van der Waals surface area contributed by atoms with E-state index in [2.05, 4.69) is 83.3 Å². The molecule has 50 heavy (non-hydrogen) atoms. The highest BCUT2D eigenvalue weighted by molar-refractivity contribution is 6.10. The van der Waals surface area contributed by atoms with E-state index in [-0.39, 0.29) is 23.7 Å². The number of amides is 1. The number of carbonyl (C=O) groups is 2. The molecule has 0 bridgehead atoms. The molecule has 4 N–H and O–H groups in total. The fourth-order valence-corrected chi connectivity index (χ4v) is 5.01. The van der Waals surface area contributed by atoms with Crippen LogP contribution in [0, 0.1) is 0 Å². The number of imidazole rings is 1. The molecule has 1 unspecified atom stereocenters. The minimum Gasteiger partial charge on any atom is -0.463 e. The quantitative estimate of drug-likeness (QED) is 0.0539. The first-order valence-corrected chi connectivity index (χ1v) is 17.0. The van der Waals surface area contributed by atoms with E-state index >= 15 is 0 Å². The number of rotatable bonds is 21. The van der Waals surface area contributed by atoms with Crippen molar-refractivity contribution >= 4 is 45.7 Å². The third-order valence-corrected chi connectivity index (χ3v) is 7.91. The molecular weight excluding hydrogens is 642 g/mol. The zero-order chi connectivity index (χ0) is 35.9. The van der Waals surface area contributed by atoms with Gasteiger partial charge >= 0.3 is 17.7 Å². The van der Waals surface area contributed by atoms with Gasteiger partial charge in [0.2, 0.25) is 12.0 Å². The molecule has 0 saturated heterocycles. The predicted molar refractivity (Wildman–Crippen MR) is 192 cm³/mol. The zero-order valence-electron chi connectivity index (χ0n) is 29.4. The number of ketones is 1. The Balaban J connectivity index is 1.40. The van der Waals surface area contributed by atoms with E-state index in [1.807, 2.05) is 0 Å². The highest BCUT2D eigenvalue weighted by atomic mass is 16.5. The lowest BCUT2D eigenvalue weighted by molar-refractivity contribution is -0.126. The van der Waals surface area contributed by atoms with Crippen molar-refractivity contribution in [2.75, 3.05) is 63.1 Å². The number of nitrogens with zero attached hydrogens (tertiary/aromatic N) is 7. The van der Waals surface area contributed by atoms with E-state index in [1.165, 1.54) is 6.92 Å². The molecule has 0 radical (unpaired) electrons. The van der Waals surface area contributed by atoms with E-state index in [4.69, 9.17) is 9.47 Å². The summed E-state index contributed by atoms with van der Waals surface area (Å²) in [7, 11) is 0. The van der Waals surface area contributed by atoms with Gasteiger partial charge in [-0.3, -0.25) is 9.59 Å². The number of nitrogens with one attached hydrogen (secondary N) is 4. The van der Waals surface area contributed by atoms with E-state index in [0.717, 1.165) is 52.1 Å². The number of fused-ring (bicyclic) bond motifs is 1. The molecule has 4 rings (SSSR count). The summed E-state index contributed by atoms with van der Waals surface area (Å²) in [5.74, 6) is -0.876. The topological polar surface area (TPSA) is 195 Å². The zero-order valence-corrected chi connectivity index (χ0v) is 29.4. The van der Waals surface area contributed by atoms with Crippen LogP contribution in [0.3, 0.4) is 0 Å². The van der Waals surface area contributed by atoms with Gasteiger partial charge in [-0.05, 0) is 88.4 Å². The number of anilines is 3. The third-order valence-electron chi connectivity index (χ3n) is 7.91. The SMILES string of the molecule is CCN(CC)CCCOc1nc(Nc2ccc(N=NC(C(C)=O)C(=O)Nc3ccc4[nH]c(=O)[nH]c4c3)cc2)nc(OCCCN(CC)CC)n1. The van der Waals surface area contributed by atoms with Crippen molar-refractivity contribution in [2.45, 2.75) is 53.5 Å². The van der Waals surface area contributed by atoms with E-state index in [9.17, 15) is 14.4 Å². The number of carbonyl (C=O) groups excluding carboxylic acids is 2. The van der Waals surface area contributed by atoms with Crippen molar-refractivity contribution in [2.24, 2.45) is 10.2 Å². The highest BCUT2D eigenvalue weighted by Crippen LogP contribution is 2.22. The van der Waals surface area contributed by atoms with Gasteiger partial charge in [-0.2, -0.15) is 20.2 Å². The first-order valence-electron chi connectivity index (χ1n) is 17.0. The maximum absolute atomic E-state index is 12.9. The van der Waals surface area contributed by atoms with Crippen LogP contribution in [-0.4, -0.2) is 105 Å². The number of aromatic amines is 2. The minimum absolute atomic E-state index is 0.168. The molecule has 0 spiro atoms. The second-order valence-corrected chi connectivity index (χ2v) is 11.4. The molecule has 2 aromatic carbocycles. The smallest absolute Gasteiger partial charge is 0.324 e. The molecule has 268 valence electrons. The van der Waals surface area contributed by atoms with Gasteiger partial charge in [-0.25, -0.2) is 4.79 Å². The second kappa shape index (κ2) is 19.1. The molecule has 1 atom stereocenters. The van der Waals surface area contributed by atoms with Gasteiger partial charge in [-0.15, -0.1) is 4.98 Å². The molecule has 2 heterocycles. The van der Waals surface area contributed by atoms with Crippen molar-refractivity contribution < 1.29 is 19.1 Å². The molecule has 2 aromatic heterocycles. The summed E-state index contributed by atoms with van der Waals surface area (Å²) >= 11 is 0. The molecule has 16 nitrogen and oxygen atoms in total. The molecule has 0 aliphatic rings. The van der Waals surface area contributed by atoms with Crippen LogP contribution in [0.5, 0.6) is 12.0 Å². The summed E-state index contributed by atoms with van der Waals surface area (Å²) in [6.45, 7) is 16.4. The van der Waals surface area contributed by atoms with Crippen LogP contribution >= 0.6 is 0 Å². The maximum atomic E-state index is 12.9. The van der Waals surface area contributed by atoms with Gasteiger partial charge in [0.1, 0.15) is 0 Å². The van der Waals surface area contributed by atoms with Crippen LogP contribution in [0.2, 0.25) is 0 Å². The lowest BCUT2D eigenvalue weighted by Gasteiger charge is -2.18. The number of azo groups is 1. The van der Waals surface area contributed by atoms with Crippen LogP contribution in [0.4, 0.5) is 23.0 Å². The average molecular weight is 690 g/mol. The molecular formula is C34H47N11O5.